The van der Waals surface area contributed by atoms with E-state index in [2.05, 4.69) is 15.6 Å². The van der Waals surface area contributed by atoms with E-state index >= 15 is 0 Å². The molecule has 0 unspecified atom stereocenters. The Labute approximate surface area is 156 Å². The molecular formula is C20H17ClFN3O. The Hall–Kier alpha value is -2.92. The molecule has 132 valence electrons. The summed E-state index contributed by atoms with van der Waals surface area (Å²) in [7, 11) is 0. The first-order chi connectivity index (χ1) is 12.5. The van der Waals surface area contributed by atoms with Crippen LogP contribution in [0.1, 0.15) is 11.1 Å². The fraction of sp³-hybridized carbons (Fsp3) is 0.100. The van der Waals surface area contributed by atoms with Crippen LogP contribution in [0.15, 0.2) is 60.8 Å². The zero-order valence-electron chi connectivity index (χ0n) is 14.1. The van der Waals surface area contributed by atoms with Gasteiger partial charge in [-0.05, 0) is 42.8 Å². The molecule has 3 aromatic rings. The lowest BCUT2D eigenvalue weighted by atomic mass is 10.1. The van der Waals surface area contributed by atoms with Crippen LogP contribution in [0.2, 0.25) is 5.02 Å². The number of aromatic nitrogens is 1. The number of hydrogen-bond donors (Lipinski definition) is 2. The number of anilines is 3. The van der Waals surface area contributed by atoms with Crippen molar-refractivity contribution in [2.24, 2.45) is 0 Å². The van der Waals surface area contributed by atoms with E-state index in [9.17, 15) is 9.18 Å². The lowest BCUT2D eigenvalue weighted by Gasteiger charge is -2.09. The van der Waals surface area contributed by atoms with E-state index in [1.54, 1.807) is 24.4 Å². The molecule has 1 aromatic heterocycles. The van der Waals surface area contributed by atoms with Gasteiger partial charge in [-0.2, -0.15) is 0 Å². The summed E-state index contributed by atoms with van der Waals surface area (Å²) in [5.41, 5.74) is 3.31. The Balaban J connectivity index is 1.60. The summed E-state index contributed by atoms with van der Waals surface area (Å²) < 4.78 is 13.2. The number of hydrogen-bond acceptors (Lipinski definition) is 3. The standard InChI is InChI=1S/C20H17ClFN3O/c1-13-3-2-4-14(9-13)10-20(26)25-16-6-8-19(23-12-16)24-15-5-7-18(22)17(21)11-15/h2-9,11-12H,10H2,1H3,(H,23,24)(H,25,26). The molecule has 1 heterocycles. The summed E-state index contributed by atoms with van der Waals surface area (Å²) in [6.45, 7) is 1.99. The monoisotopic (exact) mass is 369 g/mol. The maximum absolute atomic E-state index is 13.2. The molecule has 0 radical (unpaired) electrons. The van der Waals surface area contributed by atoms with Gasteiger partial charge in [0.25, 0.3) is 0 Å². The van der Waals surface area contributed by atoms with Gasteiger partial charge in [-0.25, -0.2) is 9.37 Å². The summed E-state index contributed by atoms with van der Waals surface area (Å²) >= 11 is 5.76. The second kappa shape index (κ2) is 7.97. The number of nitrogens with one attached hydrogen (secondary N) is 2. The molecule has 0 aliphatic heterocycles. The zero-order chi connectivity index (χ0) is 18.5. The highest BCUT2D eigenvalue weighted by Crippen LogP contribution is 2.22. The molecule has 26 heavy (non-hydrogen) atoms. The third kappa shape index (κ3) is 4.80. The van der Waals surface area contributed by atoms with Gasteiger partial charge in [0.1, 0.15) is 11.6 Å². The van der Waals surface area contributed by atoms with E-state index < -0.39 is 5.82 Å². The Morgan fingerprint density at radius 2 is 1.92 bits per heavy atom. The number of amides is 1. The van der Waals surface area contributed by atoms with E-state index in [-0.39, 0.29) is 10.9 Å². The number of carbonyl (C=O) groups is 1. The number of pyridine rings is 1. The van der Waals surface area contributed by atoms with Crippen molar-refractivity contribution in [1.82, 2.24) is 4.98 Å². The average molecular weight is 370 g/mol. The quantitative estimate of drug-likeness (QED) is 0.657. The van der Waals surface area contributed by atoms with Crippen molar-refractivity contribution in [3.63, 3.8) is 0 Å². The Morgan fingerprint density at radius 3 is 2.62 bits per heavy atom. The van der Waals surface area contributed by atoms with Gasteiger partial charge in [0.2, 0.25) is 5.91 Å². The summed E-state index contributed by atoms with van der Waals surface area (Å²) in [5, 5.41) is 5.88. The molecule has 1 amide bonds. The van der Waals surface area contributed by atoms with Crippen LogP contribution >= 0.6 is 11.6 Å². The minimum Gasteiger partial charge on any atom is -0.340 e. The largest absolute Gasteiger partial charge is 0.340 e. The smallest absolute Gasteiger partial charge is 0.228 e. The fourth-order valence-corrected chi connectivity index (χ4v) is 2.66. The van der Waals surface area contributed by atoms with Crippen molar-refractivity contribution in [3.8, 4) is 0 Å². The van der Waals surface area contributed by atoms with E-state index in [4.69, 9.17) is 11.6 Å². The van der Waals surface area contributed by atoms with Crippen LogP contribution in [-0.4, -0.2) is 10.9 Å². The molecule has 2 N–H and O–H groups in total. The maximum Gasteiger partial charge on any atom is 0.228 e. The summed E-state index contributed by atoms with van der Waals surface area (Å²) in [6, 6.07) is 15.6. The normalized spacial score (nSPS) is 10.4. The van der Waals surface area contributed by atoms with Gasteiger partial charge in [0.05, 0.1) is 23.3 Å². The van der Waals surface area contributed by atoms with E-state index in [0.29, 0.717) is 23.6 Å². The van der Waals surface area contributed by atoms with Gasteiger partial charge in [0.15, 0.2) is 0 Å². The van der Waals surface area contributed by atoms with Crippen LogP contribution in [0.4, 0.5) is 21.6 Å². The predicted molar refractivity (Wildman–Crippen MR) is 102 cm³/mol. The highest BCUT2D eigenvalue weighted by atomic mass is 35.5. The number of benzene rings is 2. The Kier molecular flexibility index (Phi) is 5.49. The number of nitrogens with zero attached hydrogens (tertiary/aromatic N) is 1. The third-order valence-electron chi connectivity index (χ3n) is 3.69. The van der Waals surface area contributed by atoms with Crippen LogP contribution in [0, 0.1) is 12.7 Å². The molecule has 2 aromatic carbocycles. The molecule has 0 saturated heterocycles. The van der Waals surface area contributed by atoms with Crippen molar-refractivity contribution in [3.05, 3.63) is 82.8 Å². The fourth-order valence-electron chi connectivity index (χ4n) is 2.48. The molecular weight excluding hydrogens is 353 g/mol. The van der Waals surface area contributed by atoms with Gasteiger partial charge in [0, 0.05) is 5.69 Å². The number of rotatable bonds is 5. The Bertz CT molecular complexity index is 929. The van der Waals surface area contributed by atoms with Gasteiger partial charge < -0.3 is 10.6 Å². The first-order valence-electron chi connectivity index (χ1n) is 8.03. The summed E-state index contributed by atoms with van der Waals surface area (Å²) in [6.07, 6.45) is 1.86. The third-order valence-corrected chi connectivity index (χ3v) is 3.98. The molecule has 0 atom stereocenters. The van der Waals surface area contributed by atoms with Crippen molar-refractivity contribution in [2.45, 2.75) is 13.3 Å². The SMILES string of the molecule is Cc1cccc(CC(=O)Nc2ccc(Nc3ccc(F)c(Cl)c3)nc2)c1. The van der Waals surface area contributed by atoms with Crippen molar-refractivity contribution < 1.29 is 9.18 Å². The van der Waals surface area contributed by atoms with Crippen LogP contribution in [0.3, 0.4) is 0 Å². The first kappa shape index (κ1) is 17.9. The second-order valence-corrected chi connectivity index (χ2v) is 6.31. The molecule has 0 bridgehead atoms. The lowest BCUT2D eigenvalue weighted by Crippen LogP contribution is -2.14. The summed E-state index contributed by atoms with van der Waals surface area (Å²) in [5.74, 6) is -0.0235. The first-order valence-corrected chi connectivity index (χ1v) is 8.41. The average Bonchev–Trinajstić information content (AvgIpc) is 2.60. The van der Waals surface area contributed by atoms with Crippen molar-refractivity contribution in [1.29, 1.82) is 0 Å². The molecule has 0 fully saturated rings. The summed E-state index contributed by atoms with van der Waals surface area (Å²) in [4.78, 5) is 16.4. The highest BCUT2D eigenvalue weighted by Gasteiger charge is 2.06. The number of halogens is 2. The van der Waals surface area contributed by atoms with Crippen LogP contribution in [0.5, 0.6) is 0 Å². The van der Waals surface area contributed by atoms with Crippen LogP contribution in [-0.2, 0) is 11.2 Å². The van der Waals surface area contributed by atoms with Crippen molar-refractivity contribution >= 4 is 34.7 Å². The molecule has 6 heteroatoms. The topological polar surface area (TPSA) is 54.0 Å². The minimum atomic E-state index is -0.475. The van der Waals surface area contributed by atoms with E-state index in [1.165, 1.54) is 12.1 Å². The number of carbonyl (C=O) groups excluding carboxylic acids is 1. The predicted octanol–water partition coefficient (Wildman–Crippen LogP) is 5.11. The molecule has 0 aliphatic carbocycles. The van der Waals surface area contributed by atoms with Gasteiger partial charge >= 0.3 is 0 Å². The van der Waals surface area contributed by atoms with E-state index in [1.807, 2.05) is 31.2 Å². The van der Waals surface area contributed by atoms with Crippen molar-refractivity contribution in [2.75, 3.05) is 10.6 Å². The van der Waals surface area contributed by atoms with E-state index in [0.717, 1.165) is 11.1 Å². The minimum absolute atomic E-state index is 0.0371. The molecule has 0 aliphatic rings. The molecule has 4 nitrogen and oxygen atoms in total. The molecule has 0 saturated carbocycles. The van der Waals surface area contributed by atoms with Crippen LogP contribution < -0.4 is 10.6 Å². The molecule has 3 rings (SSSR count). The second-order valence-electron chi connectivity index (χ2n) is 5.90. The number of aryl methyl sites for hydroxylation is 1. The highest BCUT2D eigenvalue weighted by molar-refractivity contribution is 6.31. The van der Waals surface area contributed by atoms with Crippen LogP contribution in [0.25, 0.3) is 0 Å². The maximum atomic E-state index is 13.2. The Morgan fingerprint density at radius 1 is 1.12 bits per heavy atom. The van der Waals surface area contributed by atoms with Gasteiger partial charge in [-0.1, -0.05) is 41.4 Å². The zero-order valence-corrected chi connectivity index (χ0v) is 14.8. The van der Waals surface area contributed by atoms with Gasteiger partial charge in [-0.15, -0.1) is 0 Å². The van der Waals surface area contributed by atoms with Gasteiger partial charge in [-0.3, -0.25) is 4.79 Å². The lowest BCUT2D eigenvalue weighted by molar-refractivity contribution is -0.115. The molecule has 0 spiro atoms.